The first-order valence-electron chi connectivity index (χ1n) is 8.34. The van der Waals surface area contributed by atoms with Crippen LogP contribution in [0.3, 0.4) is 0 Å². The van der Waals surface area contributed by atoms with Crippen LogP contribution in [-0.4, -0.2) is 22.2 Å². The summed E-state index contributed by atoms with van der Waals surface area (Å²) in [5, 5.41) is 7.33. The van der Waals surface area contributed by atoms with E-state index in [-0.39, 0.29) is 17.5 Å². The lowest BCUT2D eigenvalue weighted by Crippen LogP contribution is -2.29. The van der Waals surface area contributed by atoms with E-state index in [1.54, 1.807) is 30.3 Å². The number of nitrogens with one attached hydrogen (secondary N) is 1. The van der Waals surface area contributed by atoms with Gasteiger partial charge in [-0.1, -0.05) is 13.8 Å². The number of halogens is 2. The maximum Gasteiger partial charge on any atom is 0.270 e. The Morgan fingerprint density at radius 3 is 2.19 bits per heavy atom. The lowest BCUT2D eigenvalue weighted by atomic mass is 10.1. The van der Waals surface area contributed by atoms with Gasteiger partial charge >= 0.3 is 0 Å². The number of aromatic nitrogens is 2. The van der Waals surface area contributed by atoms with E-state index in [9.17, 15) is 13.6 Å². The number of carbonyl (C=O) groups is 1. The number of rotatable bonds is 5. The zero-order chi connectivity index (χ0) is 18.7. The highest BCUT2D eigenvalue weighted by atomic mass is 19.1. The average molecular weight is 355 g/mol. The molecule has 0 fully saturated rings. The highest BCUT2D eigenvalue weighted by Crippen LogP contribution is 2.22. The predicted molar refractivity (Wildman–Crippen MR) is 96.1 cm³/mol. The van der Waals surface area contributed by atoms with Gasteiger partial charge < -0.3 is 5.32 Å². The Hall–Kier alpha value is -3.02. The Morgan fingerprint density at radius 2 is 1.62 bits per heavy atom. The molecule has 0 aliphatic carbocycles. The first-order chi connectivity index (χ1) is 12.4. The van der Waals surface area contributed by atoms with Crippen molar-refractivity contribution in [2.24, 2.45) is 5.92 Å². The van der Waals surface area contributed by atoms with Gasteiger partial charge in [0.05, 0.1) is 11.4 Å². The molecule has 134 valence electrons. The summed E-state index contributed by atoms with van der Waals surface area (Å²) in [6.07, 6.45) is 0. The van der Waals surface area contributed by atoms with E-state index in [1.165, 1.54) is 28.9 Å². The Labute approximate surface area is 150 Å². The summed E-state index contributed by atoms with van der Waals surface area (Å²) in [4.78, 5) is 12.6. The van der Waals surface area contributed by atoms with Crippen LogP contribution in [0.15, 0.2) is 54.6 Å². The maximum absolute atomic E-state index is 13.2. The number of benzene rings is 2. The van der Waals surface area contributed by atoms with Crippen molar-refractivity contribution < 1.29 is 13.6 Å². The normalized spacial score (nSPS) is 11.0. The fourth-order valence-corrected chi connectivity index (χ4v) is 2.47. The smallest absolute Gasteiger partial charge is 0.270 e. The molecule has 1 amide bonds. The van der Waals surface area contributed by atoms with Crippen LogP contribution in [-0.2, 0) is 0 Å². The minimum absolute atomic E-state index is 0.274. The zero-order valence-corrected chi connectivity index (χ0v) is 14.5. The van der Waals surface area contributed by atoms with Crippen LogP contribution in [0.4, 0.5) is 8.78 Å². The summed E-state index contributed by atoms with van der Waals surface area (Å²) in [5.41, 5.74) is 2.11. The van der Waals surface area contributed by atoms with Crippen molar-refractivity contribution in [1.82, 2.24) is 15.1 Å². The SMILES string of the molecule is CC(C)CNC(=O)c1cc(-c2ccc(F)cc2)nn1-c1ccc(F)cc1. The van der Waals surface area contributed by atoms with Crippen LogP contribution in [0.5, 0.6) is 0 Å². The summed E-state index contributed by atoms with van der Waals surface area (Å²) in [5.74, 6) is -0.686. The third-order valence-corrected chi connectivity index (χ3v) is 3.82. The monoisotopic (exact) mass is 355 g/mol. The van der Waals surface area contributed by atoms with Gasteiger partial charge in [-0.3, -0.25) is 4.79 Å². The first kappa shape index (κ1) is 17.8. The fraction of sp³-hybridized carbons (Fsp3) is 0.200. The molecular weight excluding hydrogens is 336 g/mol. The highest BCUT2D eigenvalue weighted by molar-refractivity contribution is 5.94. The van der Waals surface area contributed by atoms with Crippen LogP contribution < -0.4 is 5.32 Å². The minimum Gasteiger partial charge on any atom is -0.350 e. The molecule has 3 aromatic rings. The molecule has 0 aliphatic rings. The quantitative estimate of drug-likeness (QED) is 0.745. The minimum atomic E-state index is -0.370. The van der Waals surface area contributed by atoms with Gasteiger partial charge in [0.15, 0.2) is 0 Å². The molecule has 26 heavy (non-hydrogen) atoms. The Morgan fingerprint density at radius 1 is 1.04 bits per heavy atom. The van der Waals surface area contributed by atoms with E-state index in [0.29, 0.717) is 35.1 Å². The zero-order valence-electron chi connectivity index (χ0n) is 14.5. The summed E-state index contributed by atoms with van der Waals surface area (Å²) >= 11 is 0. The van der Waals surface area contributed by atoms with Gasteiger partial charge in [0, 0.05) is 12.1 Å². The van der Waals surface area contributed by atoms with Crippen LogP contribution in [0.25, 0.3) is 16.9 Å². The van der Waals surface area contributed by atoms with Crippen molar-refractivity contribution in [3.63, 3.8) is 0 Å². The first-order valence-corrected chi connectivity index (χ1v) is 8.34. The van der Waals surface area contributed by atoms with Crippen molar-refractivity contribution in [3.05, 3.63) is 71.9 Å². The number of amides is 1. The second-order valence-electron chi connectivity index (χ2n) is 6.41. The van der Waals surface area contributed by atoms with Crippen LogP contribution in [0.1, 0.15) is 24.3 Å². The van der Waals surface area contributed by atoms with Crippen LogP contribution in [0.2, 0.25) is 0 Å². The predicted octanol–water partition coefficient (Wildman–Crippen LogP) is 4.20. The molecule has 0 spiro atoms. The van der Waals surface area contributed by atoms with Gasteiger partial charge in [-0.25, -0.2) is 13.5 Å². The largest absolute Gasteiger partial charge is 0.350 e. The summed E-state index contributed by atoms with van der Waals surface area (Å²) in [6.45, 7) is 4.53. The molecule has 2 aromatic carbocycles. The van der Waals surface area contributed by atoms with E-state index >= 15 is 0 Å². The third kappa shape index (κ3) is 3.96. The molecule has 0 saturated heterocycles. The van der Waals surface area contributed by atoms with E-state index in [2.05, 4.69) is 10.4 Å². The number of carbonyl (C=O) groups excluding carboxylic acids is 1. The van der Waals surface area contributed by atoms with Gasteiger partial charge in [-0.05, 0) is 60.5 Å². The number of hydrogen-bond acceptors (Lipinski definition) is 2. The molecule has 0 radical (unpaired) electrons. The molecule has 1 N–H and O–H groups in total. The van der Waals surface area contributed by atoms with Gasteiger partial charge in [0.1, 0.15) is 17.3 Å². The molecule has 0 atom stereocenters. The van der Waals surface area contributed by atoms with E-state index in [0.717, 1.165) is 0 Å². The second-order valence-corrected chi connectivity index (χ2v) is 6.41. The van der Waals surface area contributed by atoms with Crippen molar-refractivity contribution in [2.45, 2.75) is 13.8 Å². The molecule has 3 rings (SSSR count). The molecule has 1 heterocycles. The summed E-state index contributed by atoms with van der Waals surface area (Å²) in [7, 11) is 0. The Kier molecular flexibility index (Phi) is 5.11. The molecule has 1 aromatic heterocycles. The van der Waals surface area contributed by atoms with Crippen molar-refractivity contribution >= 4 is 5.91 Å². The molecule has 0 bridgehead atoms. The Balaban J connectivity index is 2.03. The highest BCUT2D eigenvalue weighted by Gasteiger charge is 2.18. The van der Waals surface area contributed by atoms with E-state index in [1.807, 2.05) is 13.8 Å². The topological polar surface area (TPSA) is 46.9 Å². The average Bonchev–Trinajstić information content (AvgIpc) is 3.06. The van der Waals surface area contributed by atoms with Gasteiger partial charge in [-0.15, -0.1) is 0 Å². The summed E-state index contributed by atoms with van der Waals surface area (Å²) in [6, 6.07) is 13.2. The van der Waals surface area contributed by atoms with Gasteiger partial charge in [0.25, 0.3) is 5.91 Å². The lowest BCUT2D eigenvalue weighted by molar-refractivity contribution is 0.0941. The molecule has 0 aliphatic heterocycles. The van der Waals surface area contributed by atoms with E-state index in [4.69, 9.17) is 0 Å². The molecule has 0 saturated carbocycles. The van der Waals surface area contributed by atoms with Gasteiger partial charge in [-0.2, -0.15) is 5.10 Å². The van der Waals surface area contributed by atoms with Crippen molar-refractivity contribution in [3.8, 4) is 16.9 Å². The van der Waals surface area contributed by atoms with Crippen molar-refractivity contribution in [2.75, 3.05) is 6.54 Å². The van der Waals surface area contributed by atoms with Gasteiger partial charge in [0.2, 0.25) is 0 Å². The molecule has 6 heteroatoms. The molecule has 0 unspecified atom stereocenters. The van der Waals surface area contributed by atoms with Crippen LogP contribution >= 0.6 is 0 Å². The molecule has 4 nitrogen and oxygen atoms in total. The maximum atomic E-state index is 13.2. The van der Waals surface area contributed by atoms with E-state index < -0.39 is 0 Å². The Bertz CT molecular complexity index is 900. The number of nitrogens with zero attached hydrogens (tertiary/aromatic N) is 2. The summed E-state index contributed by atoms with van der Waals surface area (Å²) < 4.78 is 27.9. The lowest BCUT2D eigenvalue weighted by Gasteiger charge is -2.09. The molecular formula is C20H19F2N3O. The number of hydrogen-bond donors (Lipinski definition) is 1. The fourth-order valence-electron chi connectivity index (χ4n) is 2.47. The third-order valence-electron chi connectivity index (χ3n) is 3.82. The second kappa shape index (κ2) is 7.47. The van der Waals surface area contributed by atoms with Crippen LogP contribution in [0, 0.1) is 17.6 Å². The van der Waals surface area contributed by atoms with Crippen molar-refractivity contribution in [1.29, 1.82) is 0 Å². The standard InChI is InChI=1S/C20H19F2N3O/c1-13(2)12-23-20(26)19-11-18(14-3-5-15(21)6-4-14)24-25(19)17-9-7-16(22)8-10-17/h3-11,13H,12H2,1-2H3,(H,23,26).